The number of thioether (sulfide) groups is 1. The zero-order valence-corrected chi connectivity index (χ0v) is 13.3. The molecule has 0 heterocycles. The van der Waals surface area contributed by atoms with E-state index in [1.165, 1.54) is 0 Å². The van der Waals surface area contributed by atoms with E-state index in [0.29, 0.717) is 23.5 Å². The molecule has 0 radical (unpaired) electrons. The van der Waals surface area contributed by atoms with Gasteiger partial charge in [-0.15, -0.1) is 0 Å². The van der Waals surface area contributed by atoms with Crippen LogP contribution < -0.4 is 10.1 Å². The number of amides is 1. The van der Waals surface area contributed by atoms with Crippen LogP contribution in [-0.2, 0) is 15.1 Å². The van der Waals surface area contributed by atoms with Crippen LogP contribution in [0.25, 0.3) is 0 Å². The van der Waals surface area contributed by atoms with Crippen molar-refractivity contribution in [3.8, 4) is 5.75 Å². The number of benzene rings is 1. The molecule has 1 rings (SSSR count). The van der Waals surface area contributed by atoms with Crippen LogP contribution in [0.15, 0.2) is 24.3 Å². The molecule has 5 nitrogen and oxygen atoms in total. The number of rotatable bonds is 8. The van der Waals surface area contributed by atoms with Gasteiger partial charge in [0.15, 0.2) is 0 Å². The highest BCUT2D eigenvalue weighted by atomic mass is 32.2. The molecule has 116 valence electrons. The Morgan fingerprint density at radius 2 is 2.14 bits per heavy atom. The first kappa shape index (κ1) is 17.4. The molecule has 0 saturated heterocycles. The first-order valence-electron chi connectivity index (χ1n) is 6.57. The standard InChI is InChI=1S/C15H21NO4S/c1-15(10-14(18)19,16-13(17)7-8-21-3)11-5-4-6-12(9-11)20-2/h4-6,9H,7-8,10H2,1-3H3,(H,16,17)(H,18,19). The fourth-order valence-corrected chi connectivity index (χ4v) is 2.44. The summed E-state index contributed by atoms with van der Waals surface area (Å²) in [4.78, 5) is 23.1. The molecule has 21 heavy (non-hydrogen) atoms. The number of carbonyl (C=O) groups is 2. The SMILES string of the molecule is COc1cccc(C(C)(CC(=O)O)NC(=O)CCSC)c1. The predicted molar refractivity (Wildman–Crippen MR) is 83.7 cm³/mol. The van der Waals surface area contributed by atoms with Gasteiger partial charge in [-0.2, -0.15) is 11.8 Å². The summed E-state index contributed by atoms with van der Waals surface area (Å²) >= 11 is 1.57. The summed E-state index contributed by atoms with van der Waals surface area (Å²) in [6.45, 7) is 1.72. The Morgan fingerprint density at radius 1 is 1.43 bits per heavy atom. The van der Waals surface area contributed by atoms with Crippen LogP contribution in [0.5, 0.6) is 5.75 Å². The number of ether oxygens (including phenoxy) is 1. The van der Waals surface area contributed by atoms with Crippen LogP contribution in [0.1, 0.15) is 25.3 Å². The molecule has 1 atom stereocenters. The number of hydrogen-bond acceptors (Lipinski definition) is 4. The van der Waals surface area contributed by atoms with Crippen LogP contribution in [0.4, 0.5) is 0 Å². The number of carbonyl (C=O) groups excluding carboxylic acids is 1. The van der Waals surface area contributed by atoms with Crippen LogP contribution in [0.3, 0.4) is 0 Å². The fraction of sp³-hybridized carbons (Fsp3) is 0.467. The molecule has 0 fully saturated rings. The molecule has 0 spiro atoms. The molecule has 0 saturated carbocycles. The summed E-state index contributed by atoms with van der Waals surface area (Å²) in [6, 6.07) is 7.10. The summed E-state index contributed by atoms with van der Waals surface area (Å²) < 4.78 is 5.16. The van der Waals surface area contributed by atoms with E-state index < -0.39 is 11.5 Å². The van der Waals surface area contributed by atoms with Crippen LogP contribution >= 0.6 is 11.8 Å². The van der Waals surface area contributed by atoms with Crippen molar-refractivity contribution >= 4 is 23.6 Å². The minimum Gasteiger partial charge on any atom is -0.497 e. The Bertz CT molecular complexity index is 506. The molecular formula is C15H21NO4S. The predicted octanol–water partition coefficient (Wildman–Crippen LogP) is 2.25. The third kappa shape index (κ3) is 5.30. The first-order chi connectivity index (χ1) is 9.91. The second-order valence-corrected chi connectivity index (χ2v) is 5.91. The van der Waals surface area contributed by atoms with Gasteiger partial charge in [0.2, 0.25) is 5.91 Å². The van der Waals surface area contributed by atoms with E-state index in [1.807, 2.05) is 6.26 Å². The third-order valence-corrected chi connectivity index (χ3v) is 3.77. The fourth-order valence-electron chi connectivity index (χ4n) is 2.05. The van der Waals surface area contributed by atoms with Gasteiger partial charge < -0.3 is 15.2 Å². The minimum absolute atomic E-state index is 0.157. The Kier molecular flexibility index (Phi) is 6.55. The van der Waals surface area contributed by atoms with Gasteiger partial charge in [-0.05, 0) is 30.9 Å². The summed E-state index contributed by atoms with van der Waals surface area (Å²) in [5.41, 5.74) is -0.252. The zero-order chi connectivity index (χ0) is 15.9. The normalized spacial score (nSPS) is 13.3. The maximum absolute atomic E-state index is 12.0. The monoisotopic (exact) mass is 311 g/mol. The number of methoxy groups -OCH3 is 1. The van der Waals surface area contributed by atoms with Crippen molar-refractivity contribution in [3.63, 3.8) is 0 Å². The lowest BCUT2D eigenvalue weighted by molar-refractivity contribution is -0.139. The Labute approximate surface area is 129 Å². The second kappa shape index (κ2) is 7.93. The topological polar surface area (TPSA) is 75.6 Å². The summed E-state index contributed by atoms with van der Waals surface area (Å²) in [6.07, 6.45) is 2.09. The van der Waals surface area contributed by atoms with Gasteiger partial charge in [-0.1, -0.05) is 12.1 Å². The maximum atomic E-state index is 12.0. The lowest BCUT2D eigenvalue weighted by atomic mass is 9.88. The lowest BCUT2D eigenvalue weighted by Crippen LogP contribution is -2.45. The molecule has 0 aliphatic heterocycles. The average Bonchev–Trinajstić information content (AvgIpc) is 2.44. The van der Waals surface area contributed by atoms with Gasteiger partial charge in [-0.25, -0.2) is 0 Å². The Morgan fingerprint density at radius 3 is 2.71 bits per heavy atom. The van der Waals surface area contributed by atoms with E-state index in [0.717, 1.165) is 0 Å². The molecule has 1 unspecified atom stereocenters. The molecular weight excluding hydrogens is 290 g/mol. The largest absolute Gasteiger partial charge is 0.497 e. The van der Waals surface area contributed by atoms with Gasteiger partial charge in [0.05, 0.1) is 19.1 Å². The van der Waals surface area contributed by atoms with Crippen LogP contribution in [0, 0.1) is 0 Å². The summed E-state index contributed by atoms with van der Waals surface area (Å²) in [7, 11) is 1.55. The molecule has 6 heteroatoms. The van der Waals surface area contributed by atoms with E-state index >= 15 is 0 Å². The van der Waals surface area contributed by atoms with Crippen molar-refractivity contribution in [3.05, 3.63) is 29.8 Å². The average molecular weight is 311 g/mol. The van der Waals surface area contributed by atoms with Crippen LogP contribution in [-0.4, -0.2) is 36.1 Å². The smallest absolute Gasteiger partial charge is 0.306 e. The molecule has 0 bridgehead atoms. The van der Waals surface area contributed by atoms with Gasteiger partial charge in [-0.3, -0.25) is 9.59 Å². The maximum Gasteiger partial charge on any atom is 0.306 e. The van der Waals surface area contributed by atoms with E-state index in [9.17, 15) is 9.59 Å². The van der Waals surface area contributed by atoms with Crippen molar-refractivity contribution in [2.75, 3.05) is 19.1 Å². The van der Waals surface area contributed by atoms with Gasteiger partial charge >= 0.3 is 5.97 Å². The summed E-state index contributed by atoms with van der Waals surface area (Å²) in [5, 5.41) is 12.0. The van der Waals surface area contributed by atoms with Crippen molar-refractivity contribution in [2.45, 2.75) is 25.3 Å². The highest BCUT2D eigenvalue weighted by Gasteiger charge is 2.31. The van der Waals surface area contributed by atoms with E-state index in [1.54, 1.807) is 50.1 Å². The number of hydrogen-bond donors (Lipinski definition) is 2. The van der Waals surface area contributed by atoms with E-state index in [4.69, 9.17) is 9.84 Å². The number of carboxylic acids is 1. The highest BCUT2D eigenvalue weighted by molar-refractivity contribution is 7.98. The van der Waals surface area contributed by atoms with E-state index in [2.05, 4.69) is 5.32 Å². The molecule has 0 aliphatic carbocycles. The van der Waals surface area contributed by atoms with E-state index in [-0.39, 0.29) is 12.3 Å². The second-order valence-electron chi connectivity index (χ2n) is 4.93. The number of nitrogens with one attached hydrogen (secondary N) is 1. The lowest BCUT2D eigenvalue weighted by Gasteiger charge is -2.30. The molecule has 1 amide bonds. The number of carboxylic acid groups (broad SMARTS) is 1. The third-order valence-electron chi connectivity index (χ3n) is 3.16. The van der Waals surface area contributed by atoms with Gasteiger partial charge in [0.25, 0.3) is 0 Å². The molecule has 0 aliphatic rings. The minimum atomic E-state index is -0.967. The quantitative estimate of drug-likeness (QED) is 0.770. The molecule has 0 aromatic heterocycles. The van der Waals surface area contributed by atoms with Crippen LogP contribution in [0.2, 0.25) is 0 Å². The molecule has 1 aromatic carbocycles. The van der Waals surface area contributed by atoms with Crippen molar-refractivity contribution in [1.29, 1.82) is 0 Å². The van der Waals surface area contributed by atoms with Gasteiger partial charge in [0.1, 0.15) is 5.75 Å². The highest BCUT2D eigenvalue weighted by Crippen LogP contribution is 2.28. The Balaban J connectivity index is 3.01. The van der Waals surface area contributed by atoms with Crippen molar-refractivity contribution in [2.24, 2.45) is 0 Å². The number of aliphatic carboxylic acids is 1. The first-order valence-corrected chi connectivity index (χ1v) is 7.97. The van der Waals surface area contributed by atoms with Crippen molar-refractivity contribution in [1.82, 2.24) is 5.32 Å². The van der Waals surface area contributed by atoms with Crippen molar-refractivity contribution < 1.29 is 19.4 Å². The van der Waals surface area contributed by atoms with Gasteiger partial charge in [0, 0.05) is 12.2 Å². The zero-order valence-electron chi connectivity index (χ0n) is 12.5. The molecule has 2 N–H and O–H groups in total. The Hall–Kier alpha value is -1.69. The summed E-state index contributed by atoms with van der Waals surface area (Å²) in [5.74, 6) is 0.205. The molecule has 1 aromatic rings.